The predicted octanol–water partition coefficient (Wildman–Crippen LogP) is 4.26. The second-order valence-corrected chi connectivity index (χ2v) is 8.85. The van der Waals surface area contributed by atoms with Gasteiger partial charge in [0.1, 0.15) is 11.4 Å². The van der Waals surface area contributed by atoms with E-state index < -0.39 is 35.1 Å². The summed E-state index contributed by atoms with van der Waals surface area (Å²) in [7, 11) is 0. The van der Waals surface area contributed by atoms with Gasteiger partial charge in [0, 0.05) is 5.56 Å². The van der Waals surface area contributed by atoms with Crippen LogP contribution in [0.3, 0.4) is 0 Å². The Hall–Kier alpha value is -3.43. The highest BCUT2D eigenvalue weighted by Gasteiger charge is 2.48. The molecule has 0 fully saturated rings. The van der Waals surface area contributed by atoms with E-state index in [0.717, 1.165) is 4.68 Å². The first-order chi connectivity index (χ1) is 14.9. The molecule has 0 unspecified atom stereocenters. The molecule has 0 saturated carbocycles. The molecule has 10 heteroatoms. The van der Waals surface area contributed by atoms with Crippen molar-refractivity contribution in [2.24, 2.45) is 0 Å². The van der Waals surface area contributed by atoms with Crippen molar-refractivity contribution < 1.29 is 28.2 Å². The zero-order chi connectivity index (χ0) is 23.8. The van der Waals surface area contributed by atoms with Gasteiger partial charge in [-0.1, -0.05) is 12.1 Å². The van der Waals surface area contributed by atoms with Crippen LogP contribution in [-0.2, 0) is 21.6 Å². The fourth-order valence-electron chi connectivity index (χ4n) is 3.56. The van der Waals surface area contributed by atoms with E-state index in [1.165, 1.54) is 29.2 Å². The number of ether oxygens (including phenoxy) is 2. The quantitative estimate of drug-likeness (QED) is 0.756. The number of amides is 2. The summed E-state index contributed by atoms with van der Waals surface area (Å²) in [5.41, 5.74) is -1.08. The highest BCUT2D eigenvalue weighted by Crippen LogP contribution is 2.43. The number of carbonyl (C=O) groups is 3. The molecule has 0 saturated heterocycles. The van der Waals surface area contributed by atoms with Crippen molar-refractivity contribution in [1.82, 2.24) is 14.7 Å². The maximum atomic E-state index is 14.1. The third kappa shape index (κ3) is 4.30. The third-order valence-corrected chi connectivity index (χ3v) is 4.96. The number of nitrogens with one attached hydrogen (secondary N) is 1. The normalized spacial score (nSPS) is 14.7. The van der Waals surface area contributed by atoms with Gasteiger partial charge in [0.05, 0.1) is 29.9 Å². The molecule has 9 nitrogen and oxygen atoms in total. The average molecular weight is 446 g/mol. The Morgan fingerprint density at radius 3 is 2.44 bits per heavy atom. The van der Waals surface area contributed by atoms with E-state index in [1.54, 1.807) is 41.5 Å². The molecule has 0 spiro atoms. The van der Waals surface area contributed by atoms with E-state index in [4.69, 9.17) is 9.47 Å². The molecule has 32 heavy (non-hydrogen) atoms. The fourth-order valence-corrected chi connectivity index (χ4v) is 3.56. The molecule has 2 amide bonds. The Morgan fingerprint density at radius 1 is 1.19 bits per heavy atom. The second kappa shape index (κ2) is 8.25. The number of carbonyl (C=O) groups excluding carboxylic acids is 3. The van der Waals surface area contributed by atoms with Gasteiger partial charge in [0.2, 0.25) is 0 Å². The first-order valence-electron chi connectivity index (χ1n) is 10.2. The Labute approximate surface area is 185 Å². The van der Waals surface area contributed by atoms with Crippen molar-refractivity contribution in [3.63, 3.8) is 0 Å². The van der Waals surface area contributed by atoms with E-state index in [9.17, 15) is 18.8 Å². The summed E-state index contributed by atoms with van der Waals surface area (Å²) in [5, 5.41) is 6.78. The van der Waals surface area contributed by atoms with Crippen LogP contribution in [0.25, 0.3) is 0 Å². The van der Waals surface area contributed by atoms with E-state index in [2.05, 4.69) is 10.4 Å². The molecule has 0 aliphatic carbocycles. The number of fused-ring (bicyclic) bond motifs is 1. The predicted molar refractivity (Wildman–Crippen MR) is 114 cm³/mol. The minimum absolute atomic E-state index is 0.0313. The lowest BCUT2D eigenvalue weighted by molar-refractivity contribution is 0.00388. The van der Waals surface area contributed by atoms with Gasteiger partial charge in [0.25, 0.3) is 5.91 Å². The van der Waals surface area contributed by atoms with Crippen molar-refractivity contribution in [3.05, 3.63) is 46.9 Å². The maximum absolute atomic E-state index is 14.1. The van der Waals surface area contributed by atoms with Gasteiger partial charge in [-0.15, -0.1) is 5.10 Å². The van der Waals surface area contributed by atoms with Crippen LogP contribution in [0.1, 0.15) is 63.2 Å². The van der Waals surface area contributed by atoms with Crippen LogP contribution in [0.5, 0.6) is 0 Å². The lowest BCUT2D eigenvalue weighted by Gasteiger charge is -2.34. The number of halogens is 1. The van der Waals surface area contributed by atoms with Gasteiger partial charge >= 0.3 is 12.2 Å². The van der Waals surface area contributed by atoms with Crippen LogP contribution in [0.15, 0.2) is 24.3 Å². The minimum Gasteiger partial charge on any atom is -0.448 e. The monoisotopic (exact) mass is 446 g/mol. The lowest BCUT2D eigenvalue weighted by Crippen LogP contribution is -2.44. The number of anilines is 1. The molecule has 1 N–H and O–H groups in total. The highest BCUT2D eigenvalue weighted by atomic mass is 19.1. The smallest absolute Gasteiger partial charge is 0.435 e. The molecule has 0 atom stereocenters. The van der Waals surface area contributed by atoms with Gasteiger partial charge in [-0.25, -0.2) is 14.0 Å². The Morgan fingerprint density at radius 2 is 1.84 bits per heavy atom. The number of hydrogen-bond acceptors (Lipinski definition) is 6. The van der Waals surface area contributed by atoms with E-state index in [0.29, 0.717) is 11.3 Å². The summed E-state index contributed by atoms with van der Waals surface area (Å²) in [6.07, 6.45) is -1.34. The van der Waals surface area contributed by atoms with Gasteiger partial charge < -0.3 is 14.8 Å². The molecular weight excluding hydrogens is 419 g/mol. The molecule has 3 rings (SSSR count). The van der Waals surface area contributed by atoms with Gasteiger partial charge in [-0.3, -0.25) is 9.69 Å². The molecule has 1 aromatic carbocycles. The van der Waals surface area contributed by atoms with Gasteiger partial charge in [0.15, 0.2) is 5.82 Å². The second-order valence-electron chi connectivity index (χ2n) is 8.85. The number of nitrogens with zero attached hydrogens (tertiary/aromatic N) is 3. The number of hydrogen-bond donors (Lipinski definition) is 1. The summed E-state index contributed by atoms with van der Waals surface area (Å²) >= 11 is 0. The van der Waals surface area contributed by atoms with Crippen LogP contribution in [0, 0.1) is 5.82 Å². The molecule has 1 aliphatic heterocycles. The number of rotatable bonds is 3. The lowest BCUT2D eigenvalue weighted by atomic mass is 10.0. The Balaban J connectivity index is 2.03. The van der Waals surface area contributed by atoms with Crippen molar-refractivity contribution in [3.8, 4) is 0 Å². The molecule has 1 aromatic heterocycles. The summed E-state index contributed by atoms with van der Waals surface area (Å²) in [5.74, 6) is -1.38. The zero-order valence-electron chi connectivity index (χ0n) is 19.0. The van der Waals surface area contributed by atoms with Crippen LogP contribution < -0.4 is 5.32 Å². The van der Waals surface area contributed by atoms with Gasteiger partial charge in [-0.05, 0) is 53.7 Å². The Bertz CT molecular complexity index is 1070. The topological polar surface area (TPSA) is 103 Å². The van der Waals surface area contributed by atoms with E-state index in [1.807, 2.05) is 0 Å². The Kier molecular flexibility index (Phi) is 5.99. The molecule has 2 aromatic rings. The van der Waals surface area contributed by atoms with Crippen LogP contribution in [0.4, 0.5) is 19.8 Å². The largest absolute Gasteiger partial charge is 0.448 e. The van der Waals surface area contributed by atoms with Crippen LogP contribution in [-0.4, -0.2) is 45.0 Å². The standard InChI is InChI=1S/C22H27FN4O5/c1-7-31-20(30)27-16-14(12-26(22(16,5)6)19(29)32-21(2,3)4)17(25-27)24-18(28)13-10-8-9-11-15(13)23/h8-11H,7,12H2,1-6H3,(H,24,25,28). The minimum atomic E-state index is -1.00. The van der Waals surface area contributed by atoms with Crippen molar-refractivity contribution in [2.75, 3.05) is 11.9 Å². The van der Waals surface area contributed by atoms with Crippen LogP contribution in [0.2, 0.25) is 0 Å². The number of aromatic nitrogens is 2. The molecule has 172 valence electrons. The highest BCUT2D eigenvalue weighted by molar-refractivity contribution is 6.04. The van der Waals surface area contributed by atoms with E-state index in [-0.39, 0.29) is 24.5 Å². The van der Waals surface area contributed by atoms with E-state index >= 15 is 0 Å². The maximum Gasteiger partial charge on any atom is 0.435 e. The summed E-state index contributed by atoms with van der Waals surface area (Å²) in [4.78, 5) is 39.6. The zero-order valence-corrected chi connectivity index (χ0v) is 19.0. The first-order valence-corrected chi connectivity index (χ1v) is 10.2. The molecule has 0 radical (unpaired) electrons. The average Bonchev–Trinajstić information content (AvgIpc) is 3.16. The SMILES string of the molecule is CCOC(=O)n1nc(NC(=O)c2ccccc2F)c2c1C(C)(C)N(C(=O)OC(C)(C)C)C2. The molecule has 2 heterocycles. The van der Waals surface area contributed by atoms with Gasteiger partial charge in [-0.2, -0.15) is 4.68 Å². The molecule has 0 bridgehead atoms. The van der Waals surface area contributed by atoms with Crippen molar-refractivity contribution in [2.45, 2.75) is 59.2 Å². The first kappa shape index (κ1) is 23.2. The number of benzene rings is 1. The van der Waals surface area contributed by atoms with Crippen molar-refractivity contribution in [1.29, 1.82) is 0 Å². The molecular formula is C22H27FN4O5. The van der Waals surface area contributed by atoms with Crippen molar-refractivity contribution >= 4 is 23.9 Å². The summed E-state index contributed by atoms with van der Waals surface area (Å²) < 4.78 is 25.7. The third-order valence-electron chi connectivity index (χ3n) is 4.96. The van der Waals surface area contributed by atoms with Crippen LogP contribution >= 0.6 is 0 Å². The fraction of sp³-hybridized carbons (Fsp3) is 0.455. The summed E-state index contributed by atoms with van der Waals surface area (Å²) in [6, 6.07) is 5.52. The summed E-state index contributed by atoms with van der Waals surface area (Å²) in [6.45, 7) is 10.5. The molecule has 1 aliphatic rings.